The highest BCUT2D eigenvalue weighted by atomic mass is 15.3. The molecule has 0 unspecified atom stereocenters. The van der Waals surface area contributed by atoms with E-state index in [2.05, 4.69) is 11.9 Å². The molecule has 2 aliphatic heterocycles. The molecule has 54 valence electrons. The van der Waals surface area contributed by atoms with Gasteiger partial charge >= 0.3 is 0 Å². The molecule has 2 nitrogen and oxygen atoms in total. The normalized spacial score (nSPS) is 32.9. The van der Waals surface area contributed by atoms with Gasteiger partial charge in [-0.25, -0.2) is 0 Å². The second kappa shape index (κ2) is 1.99. The fraction of sp³-hybridized carbons (Fsp3) is 1.00. The van der Waals surface area contributed by atoms with Crippen LogP contribution < -0.4 is 0 Å². The largest absolute Gasteiger partial charge is 0.346 e. The summed E-state index contributed by atoms with van der Waals surface area (Å²) in [4.78, 5) is 4.36. The second-order valence-electron chi connectivity index (χ2n) is 3.69. The summed E-state index contributed by atoms with van der Waals surface area (Å²) in [6.07, 6.45) is 2.58. The van der Waals surface area contributed by atoms with Gasteiger partial charge in [-0.15, -0.1) is 0 Å². The van der Waals surface area contributed by atoms with Crippen LogP contribution in [-0.2, 0) is 0 Å². The van der Waals surface area contributed by atoms with Gasteiger partial charge in [-0.1, -0.05) is 0 Å². The average Bonchev–Trinajstić information content (AvgIpc) is 2.12. The summed E-state index contributed by atoms with van der Waals surface area (Å²) in [5, 5.41) is 0. The molecule has 0 aromatic heterocycles. The molecule has 0 atom stereocenters. The minimum atomic E-state index is 0.384. The zero-order valence-electron chi connectivity index (χ0n) is 6.51. The Kier molecular flexibility index (Phi) is 1.33. The van der Waals surface area contributed by atoms with Gasteiger partial charge in [0.05, 0.1) is 0 Å². The molecule has 2 fully saturated rings. The van der Waals surface area contributed by atoms with Crippen molar-refractivity contribution in [3.05, 3.63) is 0 Å². The predicted molar refractivity (Wildman–Crippen MR) is 41.9 cm³/mol. The SMILES string of the molecule is [B]N1CCCC12CN(C)C2. The van der Waals surface area contributed by atoms with Crippen LogP contribution in [0, 0.1) is 0 Å². The number of hydrogen-bond acceptors (Lipinski definition) is 2. The van der Waals surface area contributed by atoms with Crippen LogP contribution in [-0.4, -0.2) is 49.9 Å². The molecule has 3 heteroatoms. The lowest BCUT2D eigenvalue weighted by atomic mass is 9.86. The summed E-state index contributed by atoms with van der Waals surface area (Å²) in [5.41, 5.74) is 0.384. The zero-order valence-corrected chi connectivity index (χ0v) is 6.51. The molecule has 0 aliphatic carbocycles. The molecule has 1 spiro atoms. The zero-order chi connectivity index (χ0) is 7.19. The number of likely N-dealkylation sites (tertiary alicyclic amines) is 1. The van der Waals surface area contributed by atoms with Crippen LogP contribution in [0.2, 0.25) is 0 Å². The molecule has 0 aromatic carbocycles. The molecular formula is C7H13BN2. The first kappa shape index (κ1) is 6.68. The quantitative estimate of drug-likeness (QED) is 0.427. The lowest BCUT2D eigenvalue weighted by Crippen LogP contribution is -2.65. The Morgan fingerprint density at radius 2 is 2.10 bits per heavy atom. The van der Waals surface area contributed by atoms with Crippen molar-refractivity contribution in [2.24, 2.45) is 0 Å². The number of rotatable bonds is 0. The van der Waals surface area contributed by atoms with E-state index in [0.717, 1.165) is 6.54 Å². The molecule has 0 aromatic rings. The molecule has 2 radical (unpaired) electrons. The third kappa shape index (κ3) is 0.737. The fourth-order valence-electron chi connectivity index (χ4n) is 2.26. The van der Waals surface area contributed by atoms with Crippen molar-refractivity contribution in [2.75, 3.05) is 26.7 Å². The Morgan fingerprint density at radius 3 is 2.50 bits per heavy atom. The van der Waals surface area contributed by atoms with E-state index in [4.69, 9.17) is 7.98 Å². The van der Waals surface area contributed by atoms with E-state index in [0.29, 0.717) is 5.54 Å². The monoisotopic (exact) mass is 136 g/mol. The van der Waals surface area contributed by atoms with Gasteiger partial charge in [0.15, 0.2) is 7.98 Å². The van der Waals surface area contributed by atoms with Crippen LogP contribution in [0.1, 0.15) is 12.8 Å². The molecule has 2 saturated heterocycles. The van der Waals surface area contributed by atoms with E-state index in [9.17, 15) is 0 Å². The number of hydrogen-bond donors (Lipinski definition) is 0. The minimum absolute atomic E-state index is 0.384. The first-order valence-electron chi connectivity index (χ1n) is 3.94. The van der Waals surface area contributed by atoms with Crippen LogP contribution in [0.4, 0.5) is 0 Å². The van der Waals surface area contributed by atoms with Crippen molar-refractivity contribution < 1.29 is 0 Å². The third-order valence-corrected chi connectivity index (χ3v) is 2.78. The summed E-state index contributed by atoms with van der Waals surface area (Å²) in [5.74, 6) is 0. The Labute approximate surface area is 63.6 Å². The molecule has 2 heterocycles. The molecule has 0 saturated carbocycles. The first-order valence-corrected chi connectivity index (χ1v) is 3.94. The molecule has 0 N–H and O–H groups in total. The van der Waals surface area contributed by atoms with Gasteiger partial charge in [-0.3, -0.25) is 0 Å². The van der Waals surface area contributed by atoms with E-state index < -0.39 is 0 Å². The Balaban J connectivity index is 2.03. The molecular weight excluding hydrogens is 123 g/mol. The van der Waals surface area contributed by atoms with Gasteiger partial charge in [0, 0.05) is 18.6 Å². The molecule has 2 aliphatic rings. The van der Waals surface area contributed by atoms with Crippen LogP contribution >= 0.6 is 0 Å². The van der Waals surface area contributed by atoms with E-state index in [-0.39, 0.29) is 0 Å². The average molecular weight is 136 g/mol. The number of nitrogens with zero attached hydrogens (tertiary/aromatic N) is 2. The lowest BCUT2D eigenvalue weighted by molar-refractivity contribution is 0.0319. The number of likely N-dealkylation sites (N-methyl/N-ethyl adjacent to an activating group) is 1. The van der Waals surface area contributed by atoms with Crippen molar-refractivity contribution >= 4 is 7.98 Å². The van der Waals surface area contributed by atoms with Crippen molar-refractivity contribution in [3.63, 3.8) is 0 Å². The summed E-state index contributed by atoms with van der Waals surface area (Å²) in [6.45, 7) is 3.43. The molecule has 0 amide bonds. The van der Waals surface area contributed by atoms with Gasteiger partial charge in [-0.2, -0.15) is 0 Å². The van der Waals surface area contributed by atoms with Crippen LogP contribution in [0.15, 0.2) is 0 Å². The summed E-state index contributed by atoms with van der Waals surface area (Å²) < 4.78 is 0. The summed E-state index contributed by atoms with van der Waals surface area (Å²) in [6, 6.07) is 0. The maximum atomic E-state index is 5.84. The van der Waals surface area contributed by atoms with Crippen LogP contribution in [0.25, 0.3) is 0 Å². The van der Waals surface area contributed by atoms with E-state index >= 15 is 0 Å². The smallest absolute Gasteiger partial charge is 0.183 e. The molecule has 0 bridgehead atoms. The van der Waals surface area contributed by atoms with E-state index in [1.807, 2.05) is 4.81 Å². The lowest BCUT2D eigenvalue weighted by Gasteiger charge is -2.51. The highest BCUT2D eigenvalue weighted by molar-refractivity contribution is 6.05. The minimum Gasteiger partial charge on any atom is -0.346 e. The highest BCUT2D eigenvalue weighted by Gasteiger charge is 2.46. The second-order valence-corrected chi connectivity index (χ2v) is 3.69. The van der Waals surface area contributed by atoms with Crippen molar-refractivity contribution in [3.8, 4) is 0 Å². The maximum Gasteiger partial charge on any atom is 0.183 e. The van der Waals surface area contributed by atoms with Gasteiger partial charge in [-0.05, 0) is 26.4 Å². The summed E-state index contributed by atoms with van der Waals surface area (Å²) in [7, 11) is 7.99. The van der Waals surface area contributed by atoms with Crippen molar-refractivity contribution in [1.82, 2.24) is 9.71 Å². The Morgan fingerprint density at radius 1 is 1.40 bits per heavy atom. The Hall–Kier alpha value is -0.0151. The summed E-state index contributed by atoms with van der Waals surface area (Å²) >= 11 is 0. The van der Waals surface area contributed by atoms with E-state index in [1.165, 1.54) is 25.9 Å². The van der Waals surface area contributed by atoms with Crippen LogP contribution in [0.5, 0.6) is 0 Å². The van der Waals surface area contributed by atoms with Gasteiger partial charge in [0.2, 0.25) is 0 Å². The van der Waals surface area contributed by atoms with E-state index in [1.54, 1.807) is 0 Å². The molecule has 10 heavy (non-hydrogen) atoms. The first-order chi connectivity index (χ1) is 4.73. The highest BCUT2D eigenvalue weighted by Crippen LogP contribution is 2.34. The fourth-order valence-corrected chi connectivity index (χ4v) is 2.26. The van der Waals surface area contributed by atoms with Crippen molar-refractivity contribution in [1.29, 1.82) is 0 Å². The van der Waals surface area contributed by atoms with Crippen LogP contribution in [0.3, 0.4) is 0 Å². The molecule has 2 rings (SSSR count). The van der Waals surface area contributed by atoms with Gasteiger partial charge in [0.1, 0.15) is 0 Å². The van der Waals surface area contributed by atoms with Crippen molar-refractivity contribution in [2.45, 2.75) is 18.4 Å². The Bertz CT molecular complexity index is 143. The van der Waals surface area contributed by atoms with Gasteiger partial charge < -0.3 is 9.71 Å². The van der Waals surface area contributed by atoms with Gasteiger partial charge in [0.25, 0.3) is 0 Å². The topological polar surface area (TPSA) is 6.48 Å². The standard InChI is InChI=1S/C7H13BN2/c1-9-5-7(6-9)3-2-4-10(7)8/h2-6H2,1H3. The third-order valence-electron chi connectivity index (χ3n) is 2.78. The predicted octanol–water partition coefficient (Wildman–Crippen LogP) is -0.150. The maximum absolute atomic E-state index is 5.84.